The summed E-state index contributed by atoms with van der Waals surface area (Å²) < 4.78 is 42.8. The first-order valence-corrected chi connectivity index (χ1v) is 3.54. The van der Waals surface area contributed by atoms with Crippen molar-refractivity contribution in [3.05, 3.63) is 29.3 Å². The zero-order chi connectivity index (χ0) is 10.4. The number of hydrogen-bond donors (Lipinski definition) is 0. The van der Waals surface area contributed by atoms with Gasteiger partial charge in [-0.05, 0) is 17.7 Å². The van der Waals surface area contributed by atoms with Crippen molar-refractivity contribution in [2.75, 3.05) is 0 Å². The minimum absolute atomic E-state index is 0. The molecule has 14 heavy (non-hydrogen) atoms. The highest BCUT2D eigenvalue weighted by atomic mass is 35.5. The predicted octanol–water partition coefficient (Wildman–Crippen LogP) is -0.813. The predicted molar refractivity (Wildman–Crippen MR) is 41.7 cm³/mol. The van der Waals surface area contributed by atoms with Crippen LogP contribution in [0.2, 0.25) is 5.15 Å². The molecule has 0 aromatic carbocycles. The van der Waals surface area contributed by atoms with Gasteiger partial charge in [0.15, 0.2) is 5.82 Å². The first-order valence-electron chi connectivity index (χ1n) is 3.16. The highest BCUT2D eigenvalue weighted by molar-refractivity contribution is 6.33. The summed E-state index contributed by atoms with van der Waals surface area (Å²) in [6.07, 6.45) is 1.32. The molecule has 0 amide bonds. The molecule has 1 aromatic heterocycles. The molecule has 0 aliphatic heterocycles. The van der Waals surface area contributed by atoms with Crippen molar-refractivity contribution in [1.29, 1.82) is 0 Å². The fraction of sp³-hybridized carbons (Fsp3) is 0.167. The fourth-order valence-corrected chi connectivity index (χ4v) is 0.667. The average Bonchev–Trinajstić information content (AvgIpc) is 1.96. The van der Waals surface area contributed by atoms with Gasteiger partial charge >= 0.3 is 7.54 Å². The van der Waals surface area contributed by atoms with E-state index in [0.717, 1.165) is 0 Å². The summed E-state index contributed by atoms with van der Waals surface area (Å²) >= 11 is 5.58. The zero-order valence-electron chi connectivity index (χ0n) is 7.02. The highest BCUT2D eigenvalue weighted by Crippen LogP contribution is 2.00. The lowest BCUT2D eigenvalue weighted by molar-refractivity contribution is -0.670. The van der Waals surface area contributed by atoms with Crippen LogP contribution in [0.5, 0.6) is 0 Å². The molecule has 0 spiro atoms. The number of hydrogen-bond acceptors (Lipinski definition) is 0. The van der Waals surface area contributed by atoms with E-state index < -0.39 is 7.54 Å². The minimum Gasteiger partial charge on any atom is -1.00 e. The van der Waals surface area contributed by atoms with Crippen LogP contribution in [0.25, 0.3) is 0 Å². The second-order valence-electron chi connectivity index (χ2n) is 2.03. The Balaban J connectivity index is 0. The summed E-state index contributed by atoms with van der Waals surface area (Å²) in [6.45, 7) is 0. The van der Waals surface area contributed by atoms with Gasteiger partial charge in [-0.25, -0.2) is 4.39 Å². The molecule has 0 saturated heterocycles. The van der Waals surface area contributed by atoms with E-state index in [-0.39, 0.29) is 10.5 Å². The van der Waals surface area contributed by atoms with Crippen LogP contribution in [0.1, 0.15) is 0 Å². The molecule has 1 nitrogen and oxygen atoms in total. The first-order chi connectivity index (χ1) is 5.93. The van der Waals surface area contributed by atoms with E-state index in [9.17, 15) is 17.3 Å². The minimum atomic E-state index is -3.67. The van der Waals surface area contributed by atoms with Gasteiger partial charge in [0.05, 0.1) is 0 Å². The van der Waals surface area contributed by atoms with Gasteiger partial charge in [-0.3, -0.25) is 12.9 Å². The van der Waals surface area contributed by atoms with Crippen LogP contribution in [-0.2, 0) is 7.05 Å². The first kappa shape index (κ1) is 15.6. The Bertz CT molecular complexity index is 270. The molecule has 0 radical (unpaired) electrons. The number of rotatable bonds is 0. The average molecular weight is 233 g/mol. The Morgan fingerprint density at radius 3 is 2.00 bits per heavy atom. The molecule has 0 saturated carbocycles. The topological polar surface area (TPSA) is 3.88 Å². The van der Waals surface area contributed by atoms with Crippen molar-refractivity contribution in [2.24, 2.45) is 7.05 Å². The van der Waals surface area contributed by atoms with E-state index in [1.165, 1.54) is 22.9 Å². The lowest BCUT2D eigenvalue weighted by Crippen LogP contribution is -3.00. The van der Waals surface area contributed by atoms with Crippen molar-refractivity contribution >= 4 is 19.1 Å². The molecule has 1 aromatic rings. The second kappa shape index (κ2) is 7.55. The van der Waals surface area contributed by atoms with Crippen LogP contribution in [0, 0.1) is 5.82 Å². The number of aryl methyl sites for hydroxylation is 1. The molecule has 0 atom stereocenters. The van der Waals surface area contributed by atoms with Crippen molar-refractivity contribution in [3.63, 3.8) is 0 Å². The maximum Gasteiger partial charge on any atom is 0.762 e. The summed E-state index contributed by atoms with van der Waals surface area (Å²) in [4.78, 5) is 0. The molecule has 0 fully saturated rings. The molecule has 0 unspecified atom stereocenters. The van der Waals surface area contributed by atoms with Crippen molar-refractivity contribution in [1.82, 2.24) is 0 Å². The number of pyridine rings is 1. The van der Waals surface area contributed by atoms with E-state index in [0.29, 0.717) is 5.15 Å². The van der Waals surface area contributed by atoms with E-state index in [2.05, 4.69) is 0 Å². The standard InChI is InChI=1S/C6H6ClFN.BF3.FH/c1-9-4-5(8)2-3-6(9)7;2-1(3)4;/h2-4H,1H3;;1H/q+1;;/p-1. The third-order valence-electron chi connectivity index (χ3n) is 1.03. The van der Waals surface area contributed by atoms with E-state index in [4.69, 9.17) is 11.6 Å². The molecular weight excluding hydrogens is 227 g/mol. The molecule has 0 N–H and O–H groups in total. The Morgan fingerprint density at radius 1 is 1.29 bits per heavy atom. The van der Waals surface area contributed by atoms with Crippen LogP contribution in [0.4, 0.5) is 17.3 Å². The Morgan fingerprint density at radius 2 is 1.71 bits per heavy atom. The summed E-state index contributed by atoms with van der Waals surface area (Å²) in [5.74, 6) is -0.276. The van der Waals surface area contributed by atoms with Gasteiger partial charge in [0, 0.05) is 6.07 Å². The Kier molecular flexibility index (Phi) is 8.42. The van der Waals surface area contributed by atoms with Crippen molar-refractivity contribution in [2.45, 2.75) is 0 Å². The van der Waals surface area contributed by atoms with Crippen molar-refractivity contribution < 1.29 is 26.6 Å². The lowest BCUT2D eigenvalue weighted by atomic mass is 10.5. The van der Waals surface area contributed by atoms with Crippen molar-refractivity contribution in [3.8, 4) is 0 Å². The fourth-order valence-electron chi connectivity index (χ4n) is 0.556. The van der Waals surface area contributed by atoms with Gasteiger partial charge in [-0.1, -0.05) is 0 Å². The second-order valence-corrected chi connectivity index (χ2v) is 2.42. The van der Waals surface area contributed by atoms with Crippen LogP contribution in [0.15, 0.2) is 18.3 Å². The normalized spacial score (nSPS) is 8.14. The maximum absolute atomic E-state index is 12.3. The van der Waals surface area contributed by atoms with Crippen LogP contribution < -0.4 is 9.27 Å². The number of aromatic nitrogens is 1. The van der Waals surface area contributed by atoms with E-state index in [1.54, 1.807) is 7.05 Å². The maximum atomic E-state index is 12.3. The monoisotopic (exact) mass is 233 g/mol. The van der Waals surface area contributed by atoms with Crippen LogP contribution in [-0.4, -0.2) is 7.54 Å². The van der Waals surface area contributed by atoms with Gasteiger partial charge in [0.25, 0.3) is 5.15 Å². The third-order valence-corrected chi connectivity index (χ3v) is 1.43. The molecular formula is C6H6BClF5N. The Labute approximate surface area is 82.9 Å². The van der Waals surface area contributed by atoms with Crippen LogP contribution >= 0.6 is 11.6 Å². The van der Waals surface area contributed by atoms with Gasteiger partial charge in [-0.15, -0.1) is 0 Å². The summed E-state index contributed by atoms with van der Waals surface area (Å²) in [5.41, 5.74) is 0. The van der Waals surface area contributed by atoms with Gasteiger partial charge in [0.2, 0.25) is 6.20 Å². The largest absolute Gasteiger partial charge is 1.00 e. The summed E-state index contributed by atoms with van der Waals surface area (Å²) in [7, 11) is -1.98. The summed E-state index contributed by atoms with van der Waals surface area (Å²) in [6, 6.07) is 2.83. The lowest BCUT2D eigenvalue weighted by Gasteiger charge is -1.87. The molecule has 0 aliphatic rings. The molecule has 1 heterocycles. The molecule has 8 heteroatoms. The number of halogens is 6. The zero-order valence-corrected chi connectivity index (χ0v) is 7.78. The quantitative estimate of drug-likeness (QED) is 0.239. The molecule has 80 valence electrons. The summed E-state index contributed by atoms with van der Waals surface area (Å²) in [5, 5.41) is 0.524. The molecule has 1 rings (SSSR count). The Hall–Kier alpha value is -0.845. The van der Waals surface area contributed by atoms with Gasteiger partial charge < -0.3 is 4.70 Å². The molecule has 0 aliphatic carbocycles. The van der Waals surface area contributed by atoms with Gasteiger partial charge in [-0.2, -0.15) is 4.57 Å². The van der Waals surface area contributed by atoms with E-state index in [1.807, 2.05) is 0 Å². The van der Waals surface area contributed by atoms with E-state index >= 15 is 0 Å². The SMILES string of the molecule is C[n+]1cc(F)ccc1Cl.FB(F)F.[F-]. The smallest absolute Gasteiger partial charge is 0.762 e. The molecule has 0 bridgehead atoms. The van der Waals surface area contributed by atoms with Crippen LogP contribution in [0.3, 0.4) is 0 Å². The third kappa shape index (κ3) is 7.79. The van der Waals surface area contributed by atoms with Gasteiger partial charge in [0.1, 0.15) is 7.05 Å². The highest BCUT2D eigenvalue weighted by Gasteiger charge is 2.06. The number of nitrogens with zero attached hydrogens (tertiary/aromatic N) is 1.